The zero-order valence-corrected chi connectivity index (χ0v) is 34.0. The Morgan fingerprint density at radius 1 is 1.02 bits per heavy atom. The molecule has 1 saturated carbocycles. The standard InChI is InChI=1S/C43H36ClIN4O5S/c1-5-7-22-8-6-9-28(37(22)50)36-26-15-16-27-35(41(53)48(39(27)51)25-13-11-24(45)12-14-25)30(26)19-31-40(52)49(42(54)43(31,36)3)34-20-32(46-47(34)4)38-21(2)29-18-23(44)10-17-33(29)55-38/h5-6,8-15,17-18,20,27,30-31,35-36,50H,1,7,16,19H2,2-4H3/t27-,30+,31-,35-,36+,43+/m0/s1. The summed E-state index contributed by atoms with van der Waals surface area (Å²) in [6.07, 6.45) is 4.62. The van der Waals surface area contributed by atoms with Crippen LogP contribution in [0.3, 0.4) is 0 Å². The maximum Gasteiger partial charge on any atom is 0.242 e. The van der Waals surface area contributed by atoms with Crippen LogP contribution in [0.25, 0.3) is 20.7 Å². The Labute approximate surface area is 340 Å². The quantitative estimate of drug-likeness (QED) is 0.104. The number of imide groups is 2. The largest absolute Gasteiger partial charge is 0.507 e. The number of aryl methyl sites for hydroxylation is 2. The maximum atomic E-state index is 15.2. The minimum atomic E-state index is -1.33. The SMILES string of the molecule is C=CCc1cccc([C@H]2C3=CC[C@@H]4C(=O)N(c5ccc(I)cc5)C(=O)[C@@H]4[C@@H]3C[C@H]3C(=O)N(c4cc(-c5sc6ccc(Cl)cc6c5C)nn4C)C(=O)[C@@]23C)c1O. The molecule has 0 bridgehead atoms. The first-order chi connectivity index (χ1) is 26.3. The Hall–Kier alpha value is -4.59. The van der Waals surface area contributed by atoms with Crippen LogP contribution >= 0.6 is 45.5 Å². The number of phenols is 1. The molecule has 9 rings (SSSR count). The summed E-state index contributed by atoms with van der Waals surface area (Å²) in [5.74, 6) is -4.41. The van der Waals surface area contributed by atoms with Gasteiger partial charge in [-0.3, -0.25) is 28.8 Å². The molecule has 3 fully saturated rings. The number of rotatable bonds is 6. The number of aromatic hydroxyl groups is 1. The van der Waals surface area contributed by atoms with Crippen LogP contribution in [0.2, 0.25) is 5.02 Å². The number of halogens is 2. The molecule has 9 nitrogen and oxygen atoms in total. The number of para-hydroxylation sites is 1. The van der Waals surface area contributed by atoms with Crippen LogP contribution in [0, 0.1) is 39.6 Å². The fourth-order valence-electron chi connectivity index (χ4n) is 9.80. The molecule has 2 aliphatic heterocycles. The van der Waals surface area contributed by atoms with Crippen molar-refractivity contribution in [2.45, 2.75) is 39.0 Å². The summed E-state index contributed by atoms with van der Waals surface area (Å²) in [7, 11) is 1.72. The molecule has 278 valence electrons. The van der Waals surface area contributed by atoms with Gasteiger partial charge in [-0.1, -0.05) is 47.5 Å². The van der Waals surface area contributed by atoms with Gasteiger partial charge in [0.2, 0.25) is 23.6 Å². The van der Waals surface area contributed by atoms with Crippen molar-refractivity contribution in [3.8, 4) is 16.3 Å². The lowest BCUT2D eigenvalue weighted by Crippen LogP contribution is -2.49. The molecule has 0 radical (unpaired) electrons. The van der Waals surface area contributed by atoms with Crippen LogP contribution in [-0.4, -0.2) is 38.5 Å². The molecular formula is C43H36ClIN4O5S. The van der Waals surface area contributed by atoms with E-state index in [1.165, 1.54) is 9.80 Å². The molecular weight excluding hydrogens is 847 g/mol. The molecule has 12 heteroatoms. The fourth-order valence-corrected chi connectivity index (χ4v) is 11.5. The van der Waals surface area contributed by atoms with Gasteiger partial charge in [0, 0.05) is 37.9 Å². The van der Waals surface area contributed by atoms with Crippen LogP contribution < -0.4 is 9.80 Å². The molecule has 2 aromatic heterocycles. The number of fused-ring (bicyclic) bond motifs is 5. The first kappa shape index (κ1) is 36.1. The molecule has 5 aromatic rings. The van der Waals surface area contributed by atoms with Crippen molar-refractivity contribution in [1.82, 2.24) is 9.78 Å². The van der Waals surface area contributed by atoms with Gasteiger partial charge in [-0.15, -0.1) is 17.9 Å². The Morgan fingerprint density at radius 2 is 1.78 bits per heavy atom. The van der Waals surface area contributed by atoms with E-state index in [1.807, 2.05) is 68.5 Å². The summed E-state index contributed by atoms with van der Waals surface area (Å²) in [6.45, 7) is 7.69. The summed E-state index contributed by atoms with van der Waals surface area (Å²) >= 11 is 10.1. The van der Waals surface area contributed by atoms with Crippen molar-refractivity contribution < 1.29 is 24.3 Å². The van der Waals surface area contributed by atoms with Gasteiger partial charge in [0.05, 0.1) is 33.7 Å². The molecule has 4 aliphatic rings. The summed E-state index contributed by atoms with van der Waals surface area (Å²) in [4.78, 5) is 62.1. The van der Waals surface area contributed by atoms with Crippen molar-refractivity contribution in [2.24, 2.45) is 36.1 Å². The van der Waals surface area contributed by atoms with Crippen molar-refractivity contribution >= 4 is 90.7 Å². The van der Waals surface area contributed by atoms with Crippen LogP contribution in [-0.2, 0) is 32.6 Å². The van der Waals surface area contributed by atoms with E-state index in [2.05, 4.69) is 29.2 Å². The monoisotopic (exact) mass is 882 g/mol. The van der Waals surface area contributed by atoms with E-state index in [4.69, 9.17) is 16.7 Å². The Kier molecular flexibility index (Phi) is 8.52. The number of amides is 4. The molecule has 55 heavy (non-hydrogen) atoms. The number of hydrogen-bond donors (Lipinski definition) is 1. The van der Waals surface area contributed by atoms with Crippen LogP contribution in [0.4, 0.5) is 11.5 Å². The third-order valence-electron chi connectivity index (χ3n) is 12.4. The zero-order chi connectivity index (χ0) is 38.7. The lowest BCUT2D eigenvalue weighted by molar-refractivity contribution is -0.131. The van der Waals surface area contributed by atoms with Gasteiger partial charge >= 0.3 is 0 Å². The van der Waals surface area contributed by atoms with Gasteiger partial charge in [-0.05, 0) is 121 Å². The Morgan fingerprint density at radius 3 is 2.53 bits per heavy atom. The molecule has 4 amide bonds. The molecule has 2 saturated heterocycles. The predicted molar refractivity (Wildman–Crippen MR) is 222 cm³/mol. The topological polar surface area (TPSA) is 113 Å². The van der Waals surface area contributed by atoms with Crippen molar-refractivity contribution in [3.05, 3.63) is 116 Å². The van der Waals surface area contributed by atoms with E-state index in [0.717, 1.165) is 29.7 Å². The fraction of sp³-hybridized carbons (Fsp3) is 0.279. The lowest BCUT2D eigenvalue weighted by Gasteiger charge is -2.49. The average Bonchev–Trinajstić information content (AvgIpc) is 3.83. The van der Waals surface area contributed by atoms with Crippen molar-refractivity contribution in [1.29, 1.82) is 0 Å². The van der Waals surface area contributed by atoms with Crippen molar-refractivity contribution in [2.75, 3.05) is 9.80 Å². The predicted octanol–water partition coefficient (Wildman–Crippen LogP) is 8.74. The number of hydrogen-bond acceptors (Lipinski definition) is 7. The minimum Gasteiger partial charge on any atom is -0.507 e. The number of carbonyl (C=O) groups excluding carboxylic acids is 4. The van der Waals surface area contributed by atoms with Gasteiger partial charge in [0.15, 0.2) is 0 Å². The van der Waals surface area contributed by atoms with Crippen LogP contribution in [0.15, 0.2) is 91.0 Å². The van der Waals surface area contributed by atoms with Gasteiger partial charge in [-0.2, -0.15) is 5.10 Å². The average molecular weight is 883 g/mol. The number of anilines is 2. The molecule has 4 heterocycles. The highest BCUT2D eigenvalue weighted by atomic mass is 127. The highest BCUT2D eigenvalue weighted by Gasteiger charge is 2.68. The highest BCUT2D eigenvalue weighted by Crippen LogP contribution is 2.64. The van der Waals surface area contributed by atoms with E-state index in [9.17, 15) is 19.5 Å². The third kappa shape index (κ3) is 5.18. The van der Waals surface area contributed by atoms with Crippen molar-refractivity contribution in [3.63, 3.8) is 0 Å². The Bertz CT molecular complexity index is 2560. The molecule has 1 N–H and O–H groups in total. The third-order valence-corrected chi connectivity index (χ3v) is 14.7. The van der Waals surface area contributed by atoms with Gasteiger partial charge in [0.1, 0.15) is 17.3 Å². The maximum absolute atomic E-state index is 15.2. The van der Waals surface area contributed by atoms with E-state index in [-0.39, 0.29) is 29.9 Å². The first-order valence-corrected chi connectivity index (χ1v) is 20.5. The lowest BCUT2D eigenvalue weighted by atomic mass is 9.51. The molecule has 0 spiro atoms. The second-order valence-electron chi connectivity index (χ2n) is 15.2. The number of nitrogens with zero attached hydrogens (tertiary/aromatic N) is 4. The summed E-state index contributed by atoms with van der Waals surface area (Å²) in [6, 6.07) is 20.3. The smallest absolute Gasteiger partial charge is 0.242 e. The second-order valence-corrected chi connectivity index (χ2v) is 17.9. The van der Waals surface area contributed by atoms with E-state index in [1.54, 1.807) is 47.3 Å². The first-order valence-electron chi connectivity index (χ1n) is 18.2. The zero-order valence-electron chi connectivity index (χ0n) is 30.3. The van der Waals surface area contributed by atoms with Crippen LogP contribution in [0.1, 0.15) is 42.4 Å². The summed E-state index contributed by atoms with van der Waals surface area (Å²) in [5, 5.41) is 18.3. The number of phenolic OH excluding ortho intramolecular Hbond substituents is 1. The van der Waals surface area contributed by atoms with Gasteiger partial charge < -0.3 is 5.11 Å². The summed E-state index contributed by atoms with van der Waals surface area (Å²) < 4.78 is 3.60. The number of allylic oxidation sites excluding steroid dienone is 3. The molecule has 0 unspecified atom stereocenters. The highest BCUT2D eigenvalue weighted by molar-refractivity contribution is 14.1. The van der Waals surface area contributed by atoms with E-state index in [0.29, 0.717) is 46.2 Å². The normalized spacial score (nSPS) is 26.1. The number of benzene rings is 3. The van der Waals surface area contributed by atoms with E-state index < -0.39 is 40.9 Å². The summed E-state index contributed by atoms with van der Waals surface area (Å²) in [5.41, 5.74) is 2.79. The molecule has 2 aliphatic carbocycles. The minimum absolute atomic E-state index is 0.0345. The van der Waals surface area contributed by atoms with Gasteiger partial charge in [0.25, 0.3) is 0 Å². The Balaban J connectivity index is 1.17. The van der Waals surface area contributed by atoms with Gasteiger partial charge in [-0.25, -0.2) is 4.90 Å². The number of thiophene rings is 1. The second kappa shape index (κ2) is 13.0. The number of aromatic nitrogens is 2. The van der Waals surface area contributed by atoms with Crippen LogP contribution in [0.5, 0.6) is 5.75 Å². The number of carbonyl (C=O) groups is 4. The van der Waals surface area contributed by atoms with E-state index >= 15 is 4.79 Å². The molecule has 6 atom stereocenters. The molecule has 3 aromatic carbocycles.